The predicted octanol–water partition coefficient (Wildman–Crippen LogP) is 3.69. The number of thiazole rings is 1. The molecule has 0 aliphatic heterocycles. The molecular weight excluding hydrogens is 390 g/mol. The van der Waals surface area contributed by atoms with Crippen LogP contribution in [0.1, 0.15) is 47.2 Å². The van der Waals surface area contributed by atoms with E-state index >= 15 is 0 Å². The Balaban J connectivity index is 2.14. The van der Waals surface area contributed by atoms with Crippen molar-refractivity contribution in [3.63, 3.8) is 0 Å². The molecule has 0 fully saturated rings. The molecule has 0 spiro atoms. The molecule has 0 aliphatic rings. The minimum absolute atomic E-state index is 0.0420. The summed E-state index contributed by atoms with van der Waals surface area (Å²) < 4.78 is 10.8. The van der Waals surface area contributed by atoms with Crippen LogP contribution in [0.5, 0.6) is 0 Å². The van der Waals surface area contributed by atoms with Gasteiger partial charge in [-0.25, -0.2) is 9.97 Å². The summed E-state index contributed by atoms with van der Waals surface area (Å²) in [5.74, 6) is -0.811. The quantitative estimate of drug-likeness (QED) is 0.633. The van der Waals surface area contributed by atoms with Gasteiger partial charge in [-0.15, -0.1) is 11.3 Å². The highest BCUT2D eigenvalue weighted by Crippen LogP contribution is 2.20. The Morgan fingerprint density at radius 1 is 1.00 bits per heavy atom. The molecule has 0 N–H and O–H groups in total. The van der Waals surface area contributed by atoms with Crippen LogP contribution in [-0.2, 0) is 25.6 Å². The molecule has 0 amide bonds. The average molecular weight is 420 g/mol. The summed E-state index contributed by atoms with van der Waals surface area (Å²) in [6, 6.07) is 5.63. The van der Waals surface area contributed by atoms with Crippen molar-refractivity contribution in [2.24, 2.45) is 0 Å². The smallest absolute Gasteiger partial charge is 0.320 e. The van der Waals surface area contributed by atoms with Crippen LogP contribution in [0.2, 0.25) is 0 Å². The molecule has 2 rings (SSSR count). The van der Waals surface area contributed by atoms with Crippen molar-refractivity contribution >= 4 is 23.3 Å². The first-order valence-corrected chi connectivity index (χ1v) is 10.3. The minimum Gasteiger partial charge on any atom is -0.459 e. The van der Waals surface area contributed by atoms with Gasteiger partial charge in [0.2, 0.25) is 0 Å². The Bertz CT molecular complexity index is 793. The first kappa shape index (κ1) is 23.0. The van der Waals surface area contributed by atoms with Crippen molar-refractivity contribution in [3.05, 3.63) is 35.5 Å². The molecule has 0 saturated heterocycles. The second kappa shape index (κ2) is 9.45. The van der Waals surface area contributed by atoms with E-state index in [2.05, 4.69) is 9.97 Å². The van der Waals surface area contributed by atoms with E-state index in [1.54, 1.807) is 11.1 Å². The zero-order valence-electron chi connectivity index (χ0n) is 17.9. The number of carbonyl (C=O) groups excluding carboxylic acids is 2. The van der Waals surface area contributed by atoms with Gasteiger partial charge >= 0.3 is 11.9 Å². The van der Waals surface area contributed by atoms with Gasteiger partial charge in [0.25, 0.3) is 0 Å². The van der Waals surface area contributed by atoms with Gasteiger partial charge in [0, 0.05) is 18.1 Å². The first-order valence-electron chi connectivity index (χ1n) is 9.43. The van der Waals surface area contributed by atoms with E-state index < -0.39 is 23.1 Å². The molecule has 0 aliphatic carbocycles. The van der Waals surface area contributed by atoms with Crippen LogP contribution in [0.15, 0.2) is 29.8 Å². The van der Waals surface area contributed by atoms with Gasteiger partial charge in [0.1, 0.15) is 16.2 Å². The monoisotopic (exact) mass is 419 g/mol. The maximum atomic E-state index is 12.3. The lowest BCUT2D eigenvalue weighted by atomic mass is 10.2. The number of rotatable bonds is 7. The summed E-state index contributed by atoms with van der Waals surface area (Å²) in [4.78, 5) is 35.2. The van der Waals surface area contributed by atoms with Crippen molar-refractivity contribution in [1.82, 2.24) is 14.9 Å². The summed E-state index contributed by atoms with van der Waals surface area (Å²) in [6.07, 6.45) is 1.73. The molecule has 2 aromatic rings. The summed E-state index contributed by atoms with van der Waals surface area (Å²) in [6.45, 7) is 11.1. The van der Waals surface area contributed by atoms with Crippen molar-refractivity contribution in [1.29, 1.82) is 0 Å². The Labute approximate surface area is 176 Å². The summed E-state index contributed by atoms with van der Waals surface area (Å²) in [5.41, 5.74) is 0.284. The third kappa shape index (κ3) is 8.70. The van der Waals surface area contributed by atoms with E-state index in [1.165, 1.54) is 11.3 Å². The molecule has 0 unspecified atom stereocenters. The zero-order valence-corrected chi connectivity index (χ0v) is 18.7. The lowest BCUT2D eigenvalue weighted by Crippen LogP contribution is -2.39. The van der Waals surface area contributed by atoms with Crippen LogP contribution in [0.4, 0.5) is 0 Å². The number of pyridine rings is 1. The number of hydrogen-bond acceptors (Lipinski definition) is 8. The molecule has 29 heavy (non-hydrogen) atoms. The van der Waals surface area contributed by atoms with Gasteiger partial charge in [0.15, 0.2) is 0 Å². The third-order valence-corrected chi connectivity index (χ3v) is 4.18. The largest absolute Gasteiger partial charge is 0.459 e. The SMILES string of the molecule is CC(C)(C)OC(=O)CN(CC(=O)OC(C)(C)C)Cc1cccc(-c2nccs2)n1. The molecule has 0 bridgehead atoms. The lowest BCUT2D eigenvalue weighted by Gasteiger charge is -2.26. The number of hydrogen-bond donors (Lipinski definition) is 0. The van der Waals surface area contributed by atoms with E-state index in [0.29, 0.717) is 6.54 Å². The highest BCUT2D eigenvalue weighted by Gasteiger charge is 2.24. The third-order valence-electron chi connectivity index (χ3n) is 3.39. The van der Waals surface area contributed by atoms with Gasteiger partial charge in [-0.3, -0.25) is 14.5 Å². The molecule has 2 heterocycles. The van der Waals surface area contributed by atoms with Crippen molar-refractivity contribution in [2.45, 2.75) is 59.3 Å². The van der Waals surface area contributed by atoms with E-state index in [0.717, 1.165) is 16.4 Å². The van der Waals surface area contributed by atoms with E-state index in [1.807, 2.05) is 65.1 Å². The Morgan fingerprint density at radius 2 is 1.59 bits per heavy atom. The van der Waals surface area contributed by atoms with Crippen LogP contribution < -0.4 is 0 Å². The van der Waals surface area contributed by atoms with Crippen LogP contribution in [-0.4, -0.2) is 51.1 Å². The summed E-state index contributed by atoms with van der Waals surface area (Å²) in [5, 5.41) is 2.71. The molecule has 0 radical (unpaired) electrons. The van der Waals surface area contributed by atoms with Crippen LogP contribution in [0.25, 0.3) is 10.7 Å². The van der Waals surface area contributed by atoms with Crippen LogP contribution in [0, 0.1) is 0 Å². The first-order chi connectivity index (χ1) is 13.4. The highest BCUT2D eigenvalue weighted by molar-refractivity contribution is 7.13. The number of aromatic nitrogens is 2. The summed E-state index contributed by atoms with van der Waals surface area (Å²) >= 11 is 1.50. The minimum atomic E-state index is -0.600. The molecule has 8 heteroatoms. The lowest BCUT2D eigenvalue weighted by molar-refractivity contribution is -0.160. The van der Waals surface area contributed by atoms with Gasteiger partial charge in [-0.2, -0.15) is 0 Å². The van der Waals surface area contributed by atoms with Crippen molar-refractivity contribution in [2.75, 3.05) is 13.1 Å². The van der Waals surface area contributed by atoms with Crippen molar-refractivity contribution in [3.8, 4) is 10.7 Å². The Kier molecular flexibility index (Phi) is 7.48. The molecule has 158 valence electrons. The van der Waals surface area contributed by atoms with Gasteiger partial charge in [-0.1, -0.05) is 6.07 Å². The molecular formula is C21H29N3O4S. The van der Waals surface area contributed by atoms with Crippen LogP contribution in [0.3, 0.4) is 0 Å². The molecule has 0 aromatic carbocycles. The summed E-state index contributed by atoms with van der Waals surface area (Å²) in [7, 11) is 0. The number of ether oxygens (including phenoxy) is 2. The predicted molar refractivity (Wildman–Crippen MR) is 112 cm³/mol. The fraction of sp³-hybridized carbons (Fsp3) is 0.524. The highest BCUT2D eigenvalue weighted by atomic mass is 32.1. The number of carbonyl (C=O) groups is 2. The maximum absolute atomic E-state index is 12.3. The topological polar surface area (TPSA) is 81.6 Å². The molecule has 2 aromatic heterocycles. The number of nitrogens with zero attached hydrogens (tertiary/aromatic N) is 3. The van der Waals surface area contributed by atoms with Gasteiger partial charge in [0.05, 0.1) is 24.5 Å². The zero-order chi connectivity index (χ0) is 21.7. The number of esters is 2. The molecule has 0 atom stereocenters. The van der Waals surface area contributed by atoms with E-state index in [4.69, 9.17) is 9.47 Å². The standard InChI is InChI=1S/C21H29N3O4S/c1-20(2,3)27-17(25)13-24(14-18(26)28-21(4,5)6)12-15-8-7-9-16(23-15)19-22-10-11-29-19/h7-11H,12-14H2,1-6H3. The Morgan fingerprint density at radius 3 is 2.07 bits per heavy atom. The van der Waals surface area contributed by atoms with E-state index in [9.17, 15) is 9.59 Å². The second-order valence-corrected chi connectivity index (χ2v) is 9.56. The Hall–Kier alpha value is -2.32. The fourth-order valence-electron chi connectivity index (χ4n) is 2.55. The molecule has 7 nitrogen and oxygen atoms in total. The normalized spacial score (nSPS) is 12.1. The van der Waals surface area contributed by atoms with E-state index in [-0.39, 0.29) is 13.1 Å². The molecule has 0 saturated carbocycles. The average Bonchev–Trinajstić information content (AvgIpc) is 3.05. The van der Waals surface area contributed by atoms with Gasteiger partial charge < -0.3 is 9.47 Å². The second-order valence-electron chi connectivity index (χ2n) is 8.67. The van der Waals surface area contributed by atoms with Crippen LogP contribution >= 0.6 is 11.3 Å². The fourth-order valence-corrected chi connectivity index (χ4v) is 3.15. The van der Waals surface area contributed by atoms with Gasteiger partial charge in [-0.05, 0) is 53.7 Å². The van der Waals surface area contributed by atoms with Crippen molar-refractivity contribution < 1.29 is 19.1 Å². The maximum Gasteiger partial charge on any atom is 0.320 e.